The molecule has 6 nitrogen and oxygen atoms in total. The lowest BCUT2D eigenvalue weighted by Gasteiger charge is -2.21. The van der Waals surface area contributed by atoms with E-state index in [1.807, 2.05) is 0 Å². The van der Waals surface area contributed by atoms with Crippen LogP contribution in [0.3, 0.4) is 0 Å². The molecule has 94 valence electrons. The topological polar surface area (TPSA) is 98.7 Å². The smallest absolute Gasteiger partial charge is 0.335 e. The van der Waals surface area contributed by atoms with E-state index in [4.69, 9.17) is 10.2 Å². The number of carbonyl (C=O) groups is 2. The van der Waals surface area contributed by atoms with Gasteiger partial charge in [0.2, 0.25) is 0 Å². The highest BCUT2D eigenvalue weighted by Crippen LogP contribution is 2.16. The molecule has 6 heteroatoms. The highest BCUT2D eigenvalue weighted by Gasteiger charge is 2.17. The molecule has 4 N–H and O–H groups in total. The highest BCUT2D eigenvalue weighted by molar-refractivity contribution is 5.92. The zero-order valence-electron chi connectivity index (χ0n) is 9.43. The van der Waals surface area contributed by atoms with Crippen molar-refractivity contribution in [2.75, 3.05) is 13.1 Å². The Labute approximate surface area is 103 Å². The van der Waals surface area contributed by atoms with Crippen LogP contribution in [-0.4, -0.2) is 35.2 Å². The Morgan fingerprint density at radius 3 is 1.61 bits per heavy atom. The van der Waals surface area contributed by atoms with Gasteiger partial charge in [-0.15, -0.1) is 0 Å². The van der Waals surface area contributed by atoms with Crippen molar-refractivity contribution in [3.8, 4) is 0 Å². The van der Waals surface area contributed by atoms with Gasteiger partial charge in [0.25, 0.3) is 0 Å². The largest absolute Gasteiger partial charge is 0.478 e. The number of carboxylic acid groups (broad SMARTS) is 2. The third kappa shape index (κ3) is 2.42. The summed E-state index contributed by atoms with van der Waals surface area (Å²) in [6, 6.07) is 0. The molecule has 0 unspecified atom stereocenters. The number of hydrogen-bond acceptors (Lipinski definition) is 4. The molecule has 0 aromatic rings. The quantitative estimate of drug-likeness (QED) is 0.560. The summed E-state index contributed by atoms with van der Waals surface area (Å²) in [5.74, 6) is -2.00. The third-order valence-electron chi connectivity index (χ3n) is 2.61. The molecule has 0 saturated heterocycles. The first-order valence-electron chi connectivity index (χ1n) is 5.36. The van der Waals surface area contributed by atoms with Crippen molar-refractivity contribution in [3.05, 3.63) is 46.8 Å². The average molecular weight is 248 g/mol. The van der Waals surface area contributed by atoms with E-state index in [2.05, 4.69) is 10.6 Å². The molecule has 0 amide bonds. The summed E-state index contributed by atoms with van der Waals surface area (Å²) in [6.07, 6.45) is 6.08. The van der Waals surface area contributed by atoms with E-state index >= 15 is 0 Å². The summed E-state index contributed by atoms with van der Waals surface area (Å²) in [5.41, 5.74) is 1.55. The van der Waals surface area contributed by atoms with Crippen LogP contribution in [-0.2, 0) is 9.59 Å². The van der Waals surface area contributed by atoms with Crippen molar-refractivity contribution in [2.24, 2.45) is 0 Å². The predicted octanol–water partition coefficient (Wildman–Crippen LogP) is -0.0174. The van der Waals surface area contributed by atoms with Crippen molar-refractivity contribution in [1.29, 1.82) is 0 Å². The second kappa shape index (κ2) is 4.79. The molecule has 2 rings (SSSR count). The second-order valence-electron chi connectivity index (χ2n) is 3.81. The molecule has 0 fully saturated rings. The lowest BCUT2D eigenvalue weighted by Crippen LogP contribution is -2.29. The maximum atomic E-state index is 10.9. The van der Waals surface area contributed by atoms with E-state index in [0.29, 0.717) is 24.5 Å². The Balaban J connectivity index is 2.27. The van der Waals surface area contributed by atoms with Crippen LogP contribution in [0.15, 0.2) is 46.8 Å². The SMILES string of the molecule is O=C(O)C1=CCNC(C2=CC(C(=O)O)=CCN2)=C1. The van der Waals surface area contributed by atoms with Crippen LogP contribution in [0.4, 0.5) is 0 Å². The zero-order valence-corrected chi connectivity index (χ0v) is 9.43. The van der Waals surface area contributed by atoms with Gasteiger partial charge in [-0.3, -0.25) is 0 Å². The lowest BCUT2D eigenvalue weighted by atomic mass is 10.1. The van der Waals surface area contributed by atoms with Crippen LogP contribution in [0, 0.1) is 0 Å². The molecule has 2 aliphatic heterocycles. The average Bonchev–Trinajstić information content (AvgIpc) is 2.39. The molecule has 0 spiro atoms. The number of hydrogen-bond donors (Lipinski definition) is 4. The number of aliphatic carboxylic acids is 2. The Morgan fingerprint density at radius 2 is 1.28 bits per heavy atom. The number of carboxylic acids is 2. The summed E-state index contributed by atoms with van der Waals surface area (Å²) in [5, 5.41) is 23.8. The minimum Gasteiger partial charge on any atom is -0.478 e. The lowest BCUT2D eigenvalue weighted by molar-refractivity contribution is -0.133. The summed E-state index contributed by atoms with van der Waals surface area (Å²) in [4.78, 5) is 21.7. The number of rotatable bonds is 3. The fourth-order valence-electron chi connectivity index (χ4n) is 1.72. The minimum atomic E-state index is -1.00. The molecule has 2 heterocycles. The maximum Gasteiger partial charge on any atom is 0.335 e. The molecular formula is C12H12N2O4. The maximum absolute atomic E-state index is 10.9. The van der Waals surface area contributed by atoms with Crippen LogP contribution < -0.4 is 10.6 Å². The Bertz CT molecular complexity index is 478. The van der Waals surface area contributed by atoms with Gasteiger partial charge in [-0.1, -0.05) is 12.2 Å². The van der Waals surface area contributed by atoms with Crippen LogP contribution in [0.1, 0.15) is 0 Å². The molecule has 0 aromatic heterocycles. The fourth-order valence-corrected chi connectivity index (χ4v) is 1.72. The molecule has 2 aliphatic rings. The monoisotopic (exact) mass is 248 g/mol. The first-order valence-corrected chi connectivity index (χ1v) is 5.36. The van der Waals surface area contributed by atoms with Gasteiger partial charge in [0.1, 0.15) is 0 Å². The van der Waals surface area contributed by atoms with Gasteiger partial charge in [0.15, 0.2) is 0 Å². The minimum absolute atomic E-state index is 0.192. The van der Waals surface area contributed by atoms with Crippen molar-refractivity contribution in [2.45, 2.75) is 0 Å². The van der Waals surface area contributed by atoms with Crippen LogP contribution in [0.25, 0.3) is 0 Å². The van der Waals surface area contributed by atoms with Gasteiger partial charge < -0.3 is 20.8 Å². The number of dihydropyridines is 2. The Morgan fingerprint density at radius 1 is 0.889 bits per heavy atom. The van der Waals surface area contributed by atoms with Crippen molar-refractivity contribution >= 4 is 11.9 Å². The van der Waals surface area contributed by atoms with Crippen molar-refractivity contribution in [1.82, 2.24) is 10.6 Å². The van der Waals surface area contributed by atoms with Crippen LogP contribution in [0.5, 0.6) is 0 Å². The molecule has 0 saturated carbocycles. The third-order valence-corrected chi connectivity index (χ3v) is 2.61. The van der Waals surface area contributed by atoms with E-state index in [9.17, 15) is 9.59 Å². The van der Waals surface area contributed by atoms with E-state index in [1.165, 1.54) is 12.2 Å². The first-order chi connectivity index (χ1) is 8.58. The molecule has 0 atom stereocenters. The van der Waals surface area contributed by atoms with Gasteiger partial charge in [0.05, 0.1) is 22.5 Å². The van der Waals surface area contributed by atoms with Gasteiger partial charge in [-0.05, 0) is 12.2 Å². The second-order valence-corrected chi connectivity index (χ2v) is 3.81. The summed E-state index contributed by atoms with van der Waals surface area (Å²) >= 11 is 0. The van der Waals surface area contributed by atoms with Gasteiger partial charge >= 0.3 is 11.9 Å². The standard InChI is InChI=1S/C12H12N2O4/c15-11(16)7-1-3-13-9(5-7)10-6-8(12(17)18)2-4-14-10/h1-2,5-6,13-14H,3-4H2,(H,15,16)(H,17,18). The molecular weight excluding hydrogens is 236 g/mol. The van der Waals surface area contributed by atoms with E-state index < -0.39 is 11.9 Å². The molecule has 0 bridgehead atoms. The molecule has 0 radical (unpaired) electrons. The molecule has 0 aromatic carbocycles. The van der Waals surface area contributed by atoms with Gasteiger partial charge in [-0.2, -0.15) is 0 Å². The van der Waals surface area contributed by atoms with Crippen molar-refractivity contribution < 1.29 is 19.8 Å². The van der Waals surface area contributed by atoms with E-state index in [-0.39, 0.29) is 11.1 Å². The Kier molecular flexibility index (Phi) is 3.18. The molecule has 18 heavy (non-hydrogen) atoms. The van der Waals surface area contributed by atoms with Crippen LogP contribution >= 0.6 is 0 Å². The van der Waals surface area contributed by atoms with Crippen molar-refractivity contribution in [3.63, 3.8) is 0 Å². The fraction of sp³-hybridized carbons (Fsp3) is 0.167. The van der Waals surface area contributed by atoms with E-state index in [1.54, 1.807) is 12.2 Å². The summed E-state index contributed by atoms with van der Waals surface area (Å²) in [6.45, 7) is 0.803. The highest BCUT2D eigenvalue weighted by atomic mass is 16.4. The van der Waals surface area contributed by atoms with Gasteiger partial charge in [0, 0.05) is 13.1 Å². The molecule has 0 aliphatic carbocycles. The first kappa shape index (κ1) is 12.0. The normalized spacial score (nSPS) is 18.4. The summed E-state index contributed by atoms with van der Waals surface area (Å²) < 4.78 is 0. The predicted molar refractivity (Wildman–Crippen MR) is 63.6 cm³/mol. The zero-order chi connectivity index (χ0) is 13.1. The number of nitrogens with one attached hydrogen (secondary N) is 2. The Hall–Kier alpha value is -2.50. The summed E-state index contributed by atoms with van der Waals surface area (Å²) in [7, 11) is 0. The van der Waals surface area contributed by atoms with Crippen LogP contribution in [0.2, 0.25) is 0 Å². The van der Waals surface area contributed by atoms with E-state index in [0.717, 1.165) is 0 Å². The van der Waals surface area contributed by atoms with Gasteiger partial charge in [-0.25, -0.2) is 9.59 Å².